The van der Waals surface area contributed by atoms with E-state index in [0.717, 1.165) is 12.8 Å². The fraction of sp³-hybridized carbons (Fsp3) is 0.875. The number of hydrogen-bond donors (Lipinski definition) is 1. The van der Waals surface area contributed by atoms with E-state index in [1.807, 2.05) is 0 Å². The van der Waals surface area contributed by atoms with Gasteiger partial charge in [0.2, 0.25) is 0 Å². The molecule has 1 unspecified atom stereocenters. The van der Waals surface area contributed by atoms with Gasteiger partial charge < -0.3 is 9.84 Å². The zero-order chi connectivity index (χ0) is 8.06. The molecule has 1 N–H and O–H groups in total. The summed E-state index contributed by atoms with van der Waals surface area (Å²) >= 11 is 0. The SMILES string of the molecule is COC(=O)C1C2CC1(CO)C2. The molecule has 3 rings (SSSR count). The van der Waals surface area contributed by atoms with E-state index in [1.54, 1.807) is 0 Å². The molecule has 0 aromatic rings. The summed E-state index contributed by atoms with van der Waals surface area (Å²) < 4.78 is 4.63. The van der Waals surface area contributed by atoms with Gasteiger partial charge in [0, 0.05) is 12.0 Å². The van der Waals surface area contributed by atoms with Crippen LogP contribution in [0.1, 0.15) is 12.8 Å². The third-order valence-corrected chi connectivity index (χ3v) is 3.24. The highest BCUT2D eigenvalue weighted by atomic mass is 16.5. The van der Waals surface area contributed by atoms with Crippen LogP contribution in [-0.2, 0) is 9.53 Å². The molecule has 0 spiro atoms. The Morgan fingerprint density at radius 3 is 2.64 bits per heavy atom. The maximum atomic E-state index is 11.1. The van der Waals surface area contributed by atoms with Gasteiger partial charge in [0.1, 0.15) is 0 Å². The summed E-state index contributed by atoms with van der Waals surface area (Å²) in [5, 5.41) is 8.99. The Morgan fingerprint density at radius 2 is 2.36 bits per heavy atom. The standard InChI is InChI=1S/C8H12O3/c1-11-7(10)6-5-2-8(6,3-5)4-9/h5-6,9H,2-4H2,1H3. The highest BCUT2D eigenvalue weighted by molar-refractivity contribution is 5.76. The highest BCUT2D eigenvalue weighted by Gasteiger charge is 2.68. The van der Waals surface area contributed by atoms with Crippen molar-refractivity contribution in [3.63, 3.8) is 0 Å². The topological polar surface area (TPSA) is 46.5 Å². The molecule has 3 aliphatic carbocycles. The lowest BCUT2D eigenvalue weighted by molar-refractivity contribution is -0.226. The molecule has 0 amide bonds. The van der Waals surface area contributed by atoms with Crippen molar-refractivity contribution in [2.24, 2.45) is 17.3 Å². The zero-order valence-corrected chi connectivity index (χ0v) is 6.54. The normalized spacial score (nSPS) is 45.6. The summed E-state index contributed by atoms with van der Waals surface area (Å²) in [5.74, 6) is 0.383. The van der Waals surface area contributed by atoms with Crippen molar-refractivity contribution in [2.45, 2.75) is 12.8 Å². The first-order valence-electron chi connectivity index (χ1n) is 3.92. The molecule has 0 aliphatic heterocycles. The van der Waals surface area contributed by atoms with Crippen LogP contribution in [0.25, 0.3) is 0 Å². The largest absolute Gasteiger partial charge is 0.469 e. The summed E-state index contributed by atoms with van der Waals surface area (Å²) in [5.41, 5.74) is -0.0717. The number of methoxy groups -OCH3 is 1. The molecule has 1 atom stereocenters. The van der Waals surface area contributed by atoms with Gasteiger partial charge in [0.25, 0.3) is 0 Å². The third-order valence-electron chi connectivity index (χ3n) is 3.24. The second kappa shape index (κ2) is 1.97. The van der Waals surface area contributed by atoms with E-state index in [-0.39, 0.29) is 23.9 Å². The summed E-state index contributed by atoms with van der Waals surface area (Å²) in [6, 6.07) is 0. The molecular weight excluding hydrogens is 144 g/mol. The fourth-order valence-corrected chi connectivity index (χ4v) is 2.45. The number of ether oxygens (including phenoxy) is 1. The average Bonchev–Trinajstić information content (AvgIpc) is 1.84. The molecule has 3 saturated carbocycles. The summed E-state index contributed by atoms with van der Waals surface area (Å²) in [4.78, 5) is 11.1. The Morgan fingerprint density at radius 1 is 1.73 bits per heavy atom. The second-order valence-electron chi connectivity index (χ2n) is 3.69. The van der Waals surface area contributed by atoms with Crippen LogP contribution in [0.5, 0.6) is 0 Å². The number of carbonyl (C=O) groups is 1. The van der Waals surface area contributed by atoms with Gasteiger partial charge in [-0.15, -0.1) is 0 Å². The zero-order valence-electron chi connectivity index (χ0n) is 6.54. The molecular formula is C8H12O3. The molecule has 62 valence electrons. The van der Waals surface area contributed by atoms with Crippen LogP contribution in [0.2, 0.25) is 0 Å². The van der Waals surface area contributed by atoms with Crippen molar-refractivity contribution in [1.29, 1.82) is 0 Å². The van der Waals surface area contributed by atoms with Crippen LogP contribution >= 0.6 is 0 Å². The van der Waals surface area contributed by atoms with Crippen LogP contribution in [0.4, 0.5) is 0 Å². The Kier molecular flexibility index (Phi) is 1.27. The van der Waals surface area contributed by atoms with Gasteiger partial charge in [-0.25, -0.2) is 0 Å². The predicted octanol–water partition coefficient (Wildman–Crippen LogP) is 0.178. The molecule has 3 fully saturated rings. The van der Waals surface area contributed by atoms with Crippen molar-refractivity contribution >= 4 is 5.97 Å². The highest BCUT2D eigenvalue weighted by Crippen LogP contribution is 2.68. The number of aliphatic hydroxyl groups excluding tert-OH is 1. The molecule has 3 heteroatoms. The molecule has 3 aliphatic rings. The van der Waals surface area contributed by atoms with Crippen molar-refractivity contribution in [3.05, 3.63) is 0 Å². The quantitative estimate of drug-likeness (QED) is 0.580. The van der Waals surface area contributed by atoms with E-state index in [9.17, 15) is 4.79 Å². The lowest BCUT2D eigenvalue weighted by Crippen LogP contribution is -2.66. The van der Waals surface area contributed by atoms with Crippen molar-refractivity contribution in [2.75, 3.05) is 13.7 Å². The summed E-state index contributed by atoms with van der Waals surface area (Å²) in [7, 11) is 1.41. The molecule has 2 bridgehead atoms. The summed E-state index contributed by atoms with van der Waals surface area (Å²) in [6.07, 6.45) is 2.03. The third kappa shape index (κ3) is 0.644. The van der Waals surface area contributed by atoms with Gasteiger partial charge in [-0.2, -0.15) is 0 Å². The van der Waals surface area contributed by atoms with E-state index in [2.05, 4.69) is 4.74 Å². The summed E-state index contributed by atoms with van der Waals surface area (Å²) in [6.45, 7) is 0.142. The van der Waals surface area contributed by atoms with Crippen LogP contribution < -0.4 is 0 Å². The molecule has 3 nitrogen and oxygen atoms in total. The maximum absolute atomic E-state index is 11.1. The van der Waals surface area contributed by atoms with E-state index in [0.29, 0.717) is 5.92 Å². The molecule has 11 heavy (non-hydrogen) atoms. The van der Waals surface area contributed by atoms with Gasteiger partial charge in [-0.3, -0.25) is 4.79 Å². The van der Waals surface area contributed by atoms with Crippen LogP contribution in [0.3, 0.4) is 0 Å². The second-order valence-corrected chi connectivity index (χ2v) is 3.69. The monoisotopic (exact) mass is 156 g/mol. The van der Waals surface area contributed by atoms with Gasteiger partial charge >= 0.3 is 5.97 Å². The van der Waals surface area contributed by atoms with Crippen LogP contribution in [0.15, 0.2) is 0 Å². The van der Waals surface area contributed by atoms with E-state index >= 15 is 0 Å². The molecule has 0 aromatic heterocycles. The molecule has 0 heterocycles. The van der Waals surface area contributed by atoms with E-state index < -0.39 is 0 Å². The fourth-order valence-electron chi connectivity index (χ4n) is 2.45. The van der Waals surface area contributed by atoms with E-state index in [1.165, 1.54) is 7.11 Å². The predicted molar refractivity (Wildman–Crippen MR) is 37.7 cm³/mol. The Labute approximate surface area is 65.4 Å². The molecule has 0 radical (unpaired) electrons. The minimum atomic E-state index is -0.137. The number of esters is 1. The van der Waals surface area contributed by atoms with Crippen LogP contribution in [0, 0.1) is 17.3 Å². The van der Waals surface area contributed by atoms with Gasteiger partial charge in [-0.05, 0) is 18.8 Å². The minimum Gasteiger partial charge on any atom is -0.469 e. The van der Waals surface area contributed by atoms with Gasteiger partial charge in [0.15, 0.2) is 0 Å². The lowest BCUT2D eigenvalue weighted by atomic mass is 9.38. The maximum Gasteiger partial charge on any atom is 0.309 e. The minimum absolute atomic E-state index is 0.0116. The lowest BCUT2D eigenvalue weighted by Gasteiger charge is -2.66. The first-order valence-corrected chi connectivity index (χ1v) is 3.92. The number of carbonyl (C=O) groups excluding carboxylic acids is 1. The number of aliphatic hydroxyl groups is 1. The first kappa shape index (κ1) is 7.10. The number of hydrogen-bond acceptors (Lipinski definition) is 3. The Bertz CT molecular complexity index is 188. The van der Waals surface area contributed by atoms with Crippen molar-refractivity contribution in [1.82, 2.24) is 0 Å². The Hall–Kier alpha value is -0.570. The van der Waals surface area contributed by atoms with E-state index in [4.69, 9.17) is 5.11 Å². The van der Waals surface area contributed by atoms with Gasteiger partial charge in [-0.1, -0.05) is 0 Å². The van der Waals surface area contributed by atoms with Crippen molar-refractivity contribution < 1.29 is 14.6 Å². The first-order chi connectivity index (χ1) is 5.23. The van der Waals surface area contributed by atoms with Crippen LogP contribution in [-0.4, -0.2) is 24.8 Å². The molecule has 0 aromatic carbocycles. The van der Waals surface area contributed by atoms with Crippen molar-refractivity contribution in [3.8, 4) is 0 Å². The molecule has 0 saturated heterocycles. The number of rotatable bonds is 2. The average molecular weight is 156 g/mol. The smallest absolute Gasteiger partial charge is 0.309 e. The van der Waals surface area contributed by atoms with Gasteiger partial charge in [0.05, 0.1) is 13.0 Å². The Balaban J connectivity index is 2.04.